The molecule has 0 saturated carbocycles. The number of esters is 1. The molecule has 1 unspecified atom stereocenters. The molecule has 1 aromatic rings. The normalized spacial score (nSPS) is 12.6. The van der Waals surface area contributed by atoms with Crippen molar-refractivity contribution < 1.29 is 14.3 Å². The van der Waals surface area contributed by atoms with E-state index in [0.29, 0.717) is 12.3 Å². The van der Waals surface area contributed by atoms with Crippen LogP contribution in [-0.4, -0.2) is 19.2 Å². The Morgan fingerprint density at radius 3 is 2.42 bits per heavy atom. The maximum Gasteiger partial charge on any atom is 0.306 e. The van der Waals surface area contributed by atoms with Crippen molar-refractivity contribution >= 4 is 5.97 Å². The molecule has 0 radical (unpaired) electrons. The molecule has 0 amide bonds. The zero-order chi connectivity index (χ0) is 14.4. The van der Waals surface area contributed by atoms with Crippen LogP contribution in [0, 0.1) is 5.92 Å². The SMILES string of the molecule is COc1cccc(C(CC(=O)OC(C)C)C(C)C)c1. The highest BCUT2D eigenvalue weighted by Gasteiger charge is 2.21. The second-order valence-corrected chi connectivity index (χ2v) is 5.37. The van der Waals surface area contributed by atoms with Crippen LogP contribution < -0.4 is 4.74 Å². The lowest BCUT2D eigenvalue weighted by atomic mass is 9.86. The predicted octanol–water partition coefficient (Wildman–Crippen LogP) is 3.78. The third-order valence-corrected chi connectivity index (χ3v) is 3.08. The first kappa shape index (κ1) is 15.5. The van der Waals surface area contributed by atoms with Crippen molar-refractivity contribution in [3.63, 3.8) is 0 Å². The molecule has 0 saturated heterocycles. The summed E-state index contributed by atoms with van der Waals surface area (Å²) in [6, 6.07) is 7.90. The van der Waals surface area contributed by atoms with Gasteiger partial charge in [-0.05, 0) is 43.4 Å². The Bertz CT molecular complexity index is 410. The summed E-state index contributed by atoms with van der Waals surface area (Å²) in [5, 5.41) is 0. The van der Waals surface area contributed by atoms with E-state index in [1.165, 1.54) is 0 Å². The number of methoxy groups -OCH3 is 1. The minimum Gasteiger partial charge on any atom is -0.497 e. The van der Waals surface area contributed by atoms with Crippen LogP contribution in [0.3, 0.4) is 0 Å². The number of hydrogen-bond donors (Lipinski definition) is 0. The third-order valence-electron chi connectivity index (χ3n) is 3.08. The molecular weight excluding hydrogens is 240 g/mol. The van der Waals surface area contributed by atoms with Gasteiger partial charge in [0.2, 0.25) is 0 Å². The van der Waals surface area contributed by atoms with Crippen molar-refractivity contribution in [2.75, 3.05) is 7.11 Å². The maximum absolute atomic E-state index is 11.8. The summed E-state index contributed by atoms with van der Waals surface area (Å²) in [5.74, 6) is 1.20. The van der Waals surface area contributed by atoms with Crippen molar-refractivity contribution in [2.45, 2.75) is 46.1 Å². The average molecular weight is 264 g/mol. The van der Waals surface area contributed by atoms with Crippen molar-refractivity contribution in [1.29, 1.82) is 0 Å². The second kappa shape index (κ2) is 7.17. The number of benzene rings is 1. The van der Waals surface area contributed by atoms with Crippen molar-refractivity contribution in [1.82, 2.24) is 0 Å². The fraction of sp³-hybridized carbons (Fsp3) is 0.562. The summed E-state index contributed by atoms with van der Waals surface area (Å²) in [7, 11) is 1.65. The van der Waals surface area contributed by atoms with E-state index in [0.717, 1.165) is 11.3 Å². The van der Waals surface area contributed by atoms with Crippen LogP contribution in [0.25, 0.3) is 0 Å². The van der Waals surface area contributed by atoms with E-state index in [1.54, 1.807) is 7.11 Å². The minimum absolute atomic E-state index is 0.0642. The van der Waals surface area contributed by atoms with E-state index >= 15 is 0 Å². The summed E-state index contributed by atoms with van der Waals surface area (Å²) in [5.41, 5.74) is 1.12. The van der Waals surface area contributed by atoms with E-state index < -0.39 is 0 Å². The molecule has 0 spiro atoms. The van der Waals surface area contributed by atoms with Crippen molar-refractivity contribution in [2.24, 2.45) is 5.92 Å². The smallest absolute Gasteiger partial charge is 0.306 e. The molecule has 0 N–H and O–H groups in total. The van der Waals surface area contributed by atoms with Gasteiger partial charge in [0, 0.05) is 0 Å². The van der Waals surface area contributed by atoms with Gasteiger partial charge in [-0.1, -0.05) is 26.0 Å². The Hall–Kier alpha value is -1.51. The molecule has 0 aliphatic heterocycles. The standard InChI is InChI=1S/C16H24O3/c1-11(2)15(10-16(17)19-12(3)4)13-7-6-8-14(9-13)18-5/h6-9,11-12,15H,10H2,1-5H3. The quantitative estimate of drug-likeness (QED) is 0.734. The van der Waals surface area contributed by atoms with Gasteiger partial charge in [-0.2, -0.15) is 0 Å². The molecule has 0 fully saturated rings. The van der Waals surface area contributed by atoms with Gasteiger partial charge < -0.3 is 9.47 Å². The van der Waals surface area contributed by atoms with Crippen LogP contribution in [0.2, 0.25) is 0 Å². The topological polar surface area (TPSA) is 35.5 Å². The van der Waals surface area contributed by atoms with Gasteiger partial charge >= 0.3 is 5.97 Å². The lowest BCUT2D eigenvalue weighted by Gasteiger charge is -2.21. The largest absolute Gasteiger partial charge is 0.497 e. The Balaban J connectivity index is 2.85. The van der Waals surface area contributed by atoms with Gasteiger partial charge in [0.25, 0.3) is 0 Å². The summed E-state index contributed by atoms with van der Waals surface area (Å²) in [6.45, 7) is 7.97. The highest BCUT2D eigenvalue weighted by molar-refractivity contribution is 5.70. The number of rotatable bonds is 6. The van der Waals surface area contributed by atoms with Crippen LogP contribution in [0.4, 0.5) is 0 Å². The fourth-order valence-corrected chi connectivity index (χ4v) is 2.10. The van der Waals surface area contributed by atoms with Gasteiger partial charge in [-0.25, -0.2) is 0 Å². The molecule has 1 aromatic carbocycles. The Morgan fingerprint density at radius 2 is 1.89 bits per heavy atom. The Labute approximate surface area is 115 Å². The van der Waals surface area contributed by atoms with Crippen molar-refractivity contribution in [3.8, 4) is 5.75 Å². The van der Waals surface area contributed by atoms with Crippen LogP contribution in [0.1, 0.15) is 45.6 Å². The number of ether oxygens (including phenoxy) is 2. The monoisotopic (exact) mass is 264 g/mol. The fourth-order valence-electron chi connectivity index (χ4n) is 2.10. The molecule has 0 aliphatic carbocycles. The molecule has 0 aliphatic rings. The number of carbonyl (C=O) groups is 1. The minimum atomic E-state index is -0.142. The zero-order valence-electron chi connectivity index (χ0n) is 12.5. The van der Waals surface area contributed by atoms with E-state index in [4.69, 9.17) is 9.47 Å². The molecule has 3 heteroatoms. The van der Waals surface area contributed by atoms with E-state index in [9.17, 15) is 4.79 Å². The summed E-state index contributed by atoms with van der Waals surface area (Å²) < 4.78 is 10.5. The van der Waals surface area contributed by atoms with Gasteiger partial charge in [0.15, 0.2) is 0 Å². The highest BCUT2D eigenvalue weighted by atomic mass is 16.5. The zero-order valence-corrected chi connectivity index (χ0v) is 12.5. The molecule has 19 heavy (non-hydrogen) atoms. The van der Waals surface area contributed by atoms with Gasteiger partial charge in [-0.15, -0.1) is 0 Å². The highest BCUT2D eigenvalue weighted by Crippen LogP contribution is 2.30. The van der Waals surface area contributed by atoms with E-state index in [2.05, 4.69) is 13.8 Å². The van der Waals surface area contributed by atoms with E-state index in [-0.39, 0.29) is 18.0 Å². The van der Waals surface area contributed by atoms with Gasteiger partial charge in [-0.3, -0.25) is 4.79 Å². The molecular formula is C16H24O3. The summed E-state index contributed by atoms with van der Waals surface area (Å²) in [4.78, 5) is 11.8. The van der Waals surface area contributed by atoms with E-state index in [1.807, 2.05) is 38.1 Å². The maximum atomic E-state index is 11.8. The number of hydrogen-bond acceptors (Lipinski definition) is 3. The van der Waals surface area contributed by atoms with Crippen LogP contribution >= 0.6 is 0 Å². The lowest BCUT2D eigenvalue weighted by Crippen LogP contribution is -2.17. The number of carbonyl (C=O) groups excluding carboxylic acids is 1. The molecule has 106 valence electrons. The third kappa shape index (κ3) is 4.93. The first-order valence-electron chi connectivity index (χ1n) is 6.77. The first-order chi connectivity index (χ1) is 8.93. The van der Waals surface area contributed by atoms with Crippen LogP contribution in [0.15, 0.2) is 24.3 Å². The lowest BCUT2D eigenvalue weighted by molar-refractivity contribution is -0.148. The first-order valence-corrected chi connectivity index (χ1v) is 6.77. The Morgan fingerprint density at radius 1 is 1.21 bits per heavy atom. The molecule has 1 rings (SSSR count). The molecule has 0 bridgehead atoms. The van der Waals surface area contributed by atoms with Crippen molar-refractivity contribution in [3.05, 3.63) is 29.8 Å². The predicted molar refractivity (Wildman–Crippen MR) is 76.4 cm³/mol. The Kier molecular flexibility index (Phi) is 5.87. The van der Waals surface area contributed by atoms with Crippen LogP contribution in [0.5, 0.6) is 5.75 Å². The second-order valence-electron chi connectivity index (χ2n) is 5.37. The van der Waals surface area contributed by atoms with Crippen LogP contribution in [-0.2, 0) is 9.53 Å². The average Bonchev–Trinajstić information content (AvgIpc) is 2.34. The molecule has 3 nitrogen and oxygen atoms in total. The molecule has 0 heterocycles. The van der Waals surface area contributed by atoms with Gasteiger partial charge in [0.05, 0.1) is 19.6 Å². The molecule has 0 aromatic heterocycles. The molecule has 1 atom stereocenters. The van der Waals surface area contributed by atoms with Gasteiger partial charge in [0.1, 0.15) is 5.75 Å². The summed E-state index contributed by atoms with van der Waals surface area (Å²) in [6.07, 6.45) is 0.342. The summed E-state index contributed by atoms with van der Waals surface area (Å²) >= 11 is 0.